The Labute approximate surface area is 105 Å². The van der Waals surface area contributed by atoms with Crippen LogP contribution >= 0.6 is 27.5 Å². The van der Waals surface area contributed by atoms with E-state index < -0.39 is 5.82 Å². The van der Waals surface area contributed by atoms with Crippen LogP contribution < -0.4 is 5.73 Å². The molecule has 0 radical (unpaired) electrons. The van der Waals surface area contributed by atoms with Gasteiger partial charge in [-0.1, -0.05) is 11.6 Å². The number of nitrogens with zero attached hydrogens (tertiary/aromatic N) is 2. The van der Waals surface area contributed by atoms with Gasteiger partial charge in [-0.2, -0.15) is 0 Å². The van der Waals surface area contributed by atoms with Crippen molar-refractivity contribution in [2.24, 2.45) is 0 Å². The second kappa shape index (κ2) is 4.35. The van der Waals surface area contributed by atoms with Gasteiger partial charge in [-0.05, 0) is 34.1 Å². The van der Waals surface area contributed by atoms with Gasteiger partial charge in [0.2, 0.25) is 5.95 Å². The minimum Gasteiger partial charge on any atom is -0.368 e. The molecule has 0 amide bonds. The van der Waals surface area contributed by atoms with E-state index in [1.807, 2.05) is 0 Å². The van der Waals surface area contributed by atoms with Crippen molar-refractivity contribution >= 4 is 33.5 Å². The van der Waals surface area contributed by atoms with Gasteiger partial charge in [0.05, 0.1) is 10.7 Å². The molecule has 16 heavy (non-hydrogen) atoms. The minimum atomic E-state index is -0.533. The highest BCUT2D eigenvalue weighted by atomic mass is 79.9. The smallest absolute Gasteiger partial charge is 0.220 e. The Bertz CT molecular complexity index is 548. The van der Waals surface area contributed by atoms with Gasteiger partial charge in [0.1, 0.15) is 0 Å². The Morgan fingerprint density at radius 1 is 1.31 bits per heavy atom. The fraction of sp³-hybridized carbons (Fsp3) is 0. The number of halogens is 3. The van der Waals surface area contributed by atoms with E-state index >= 15 is 0 Å². The van der Waals surface area contributed by atoms with Gasteiger partial charge in [-0.25, -0.2) is 14.4 Å². The van der Waals surface area contributed by atoms with Crippen molar-refractivity contribution in [2.75, 3.05) is 5.73 Å². The summed E-state index contributed by atoms with van der Waals surface area (Å²) in [6.07, 6.45) is 1.47. The number of aromatic nitrogens is 2. The highest BCUT2D eigenvalue weighted by Crippen LogP contribution is 2.32. The van der Waals surface area contributed by atoms with E-state index in [0.717, 1.165) is 0 Å². The Kier molecular flexibility index (Phi) is 3.07. The van der Waals surface area contributed by atoms with Gasteiger partial charge >= 0.3 is 0 Å². The van der Waals surface area contributed by atoms with Crippen LogP contribution in [-0.4, -0.2) is 9.97 Å². The van der Waals surface area contributed by atoms with Gasteiger partial charge in [-0.15, -0.1) is 0 Å². The molecule has 1 aromatic heterocycles. The van der Waals surface area contributed by atoms with Crippen LogP contribution in [0.3, 0.4) is 0 Å². The molecule has 0 aliphatic rings. The normalized spacial score (nSPS) is 10.4. The monoisotopic (exact) mass is 301 g/mol. The highest BCUT2D eigenvalue weighted by molar-refractivity contribution is 9.10. The summed E-state index contributed by atoms with van der Waals surface area (Å²) < 4.78 is 14.3. The first-order valence-electron chi connectivity index (χ1n) is 4.32. The topological polar surface area (TPSA) is 51.8 Å². The molecule has 0 unspecified atom stereocenters. The molecule has 0 atom stereocenters. The molecular weight excluding hydrogens is 296 g/mol. The van der Waals surface area contributed by atoms with E-state index in [9.17, 15) is 4.39 Å². The summed E-state index contributed by atoms with van der Waals surface area (Å²) in [5.41, 5.74) is 6.12. The number of rotatable bonds is 1. The first kappa shape index (κ1) is 11.3. The largest absolute Gasteiger partial charge is 0.368 e. The molecule has 0 bridgehead atoms. The quantitative estimate of drug-likeness (QED) is 0.823. The number of hydrogen-bond donors (Lipinski definition) is 1. The zero-order valence-electron chi connectivity index (χ0n) is 7.92. The molecule has 0 saturated heterocycles. The lowest BCUT2D eigenvalue weighted by atomic mass is 10.1. The van der Waals surface area contributed by atoms with Crippen molar-refractivity contribution in [1.29, 1.82) is 0 Å². The van der Waals surface area contributed by atoms with Crippen LogP contribution in [0.1, 0.15) is 0 Å². The van der Waals surface area contributed by atoms with E-state index in [1.165, 1.54) is 6.20 Å². The maximum Gasteiger partial charge on any atom is 0.220 e. The van der Waals surface area contributed by atoms with Crippen molar-refractivity contribution in [3.63, 3.8) is 0 Å². The fourth-order valence-corrected chi connectivity index (χ4v) is 1.72. The van der Waals surface area contributed by atoms with Crippen molar-refractivity contribution in [1.82, 2.24) is 9.97 Å². The molecule has 2 aromatic rings. The third-order valence-corrected chi connectivity index (χ3v) is 3.24. The molecule has 0 spiro atoms. The molecule has 3 nitrogen and oxygen atoms in total. The summed E-state index contributed by atoms with van der Waals surface area (Å²) in [4.78, 5) is 7.66. The van der Waals surface area contributed by atoms with Crippen LogP contribution in [0, 0.1) is 5.82 Å². The number of anilines is 1. The molecule has 1 heterocycles. The van der Waals surface area contributed by atoms with E-state index in [1.54, 1.807) is 18.2 Å². The van der Waals surface area contributed by atoms with Gasteiger partial charge in [0, 0.05) is 16.2 Å². The van der Waals surface area contributed by atoms with Crippen LogP contribution in [0.4, 0.5) is 10.3 Å². The summed E-state index contributed by atoms with van der Waals surface area (Å²) in [6.45, 7) is 0. The molecule has 0 aliphatic heterocycles. The van der Waals surface area contributed by atoms with Crippen LogP contribution in [-0.2, 0) is 0 Å². The molecule has 1 aromatic carbocycles. The van der Waals surface area contributed by atoms with Gasteiger partial charge in [-0.3, -0.25) is 0 Å². The van der Waals surface area contributed by atoms with Gasteiger partial charge < -0.3 is 5.73 Å². The Hall–Kier alpha value is -1.20. The van der Waals surface area contributed by atoms with Crippen molar-refractivity contribution in [2.45, 2.75) is 0 Å². The van der Waals surface area contributed by atoms with Gasteiger partial charge in [0.15, 0.2) is 5.82 Å². The summed E-state index contributed by atoms with van der Waals surface area (Å²) in [6, 6.07) is 4.80. The third-order valence-electron chi connectivity index (χ3n) is 1.99. The summed E-state index contributed by atoms with van der Waals surface area (Å²) in [5.74, 6) is -0.440. The van der Waals surface area contributed by atoms with Gasteiger partial charge in [0.25, 0.3) is 0 Å². The fourth-order valence-electron chi connectivity index (χ4n) is 1.25. The second-order valence-corrected chi connectivity index (χ2v) is 4.26. The number of benzene rings is 1. The van der Waals surface area contributed by atoms with E-state index in [2.05, 4.69) is 25.9 Å². The first-order chi connectivity index (χ1) is 7.59. The van der Waals surface area contributed by atoms with E-state index in [0.29, 0.717) is 15.7 Å². The molecule has 0 fully saturated rings. The maximum absolute atomic E-state index is 13.8. The summed E-state index contributed by atoms with van der Waals surface area (Å²) in [5, 5.41) is 0.0229. The minimum absolute atomic E-state index is 0.0229. The lowest BCUT2D eigenvalue weighted by Gasteiger charge is -2.05. The van der Waals surface area contributed by atoms with E-state index in [4.69, 9.17) is 17.3 Å². The lowest BCUT2D eigenvalue weighted by molar-refractivity contribution is 0.630. The Balaban J connectivity index is 2.61. The molecule has 2 rings (SSSR count). The second-order valence-electron chi connectivity index (χ2n) is 3.02. The first-order valence-corrected chi connectivity index (χ1v) is 5.49. The van der Waals surface area contributed by atoms with Crippen molar-refractivity contribution in [3.05, 3.63) is 39.7 Å². The third kappa shape index (κ3) is 2.01. The number of nitrogen functional groups attached to an aromatic ring is 1. The predicted octanol–water partition coefficient (Wildman–Crippen LogP) is 3.28. The molecule has 6 heteroatoms. The Morgan fingerprint density at radius 3 is 2.75 bits per heavy atom. The van der Waals surface area contributed by atoms with Crippen LogP contribution in [0.2, 0.25) is 5.02 Å². The summed E-state index contributed by atoms with van der Waals surface area (Å²) >= 11 is 8.91. The molecule has 0 saturated carbocycles. The van der Waals surface area contributed by atoms with Crippen LogP contribution in [0.15, 0.2) is 28.9 Å². The zero-order chi connectivity index (χ0) is 11.7. The van der Waals surface area contributed by atoms with Crippen LogP contribution in [0.5, 0.6) is 0 Å². The predicted molar refractivity (Wildman–Crippen MR) is 64.5 cm³/mol. The van der Waals surface area contributed by atoms with Crippen LogP contribution in [0.25, 0.3) is 11.3 Å². The molecule has 2 N–H and O–H groups in total. The highest BCUT2D eigenvalue weighted by Gasteiger charge is 2.12. The maximum atomic E-state index is 13.8. The number of nitrogens with two attached hydrogens (primary N) is 1. The SMILES string of the molecule is Nc1nccc(-c2ccc(Br)c(Cl)c2F)n1. The van der Waals surface area contributed by atoms with E-state index in [-0.39, 0.29) is 11.0 Å². The Morgan fingerprint density at radius 2 is 2.06 bits per heavy atom. The zero-order valence-corrected chi connectivity index (χ0v) is 10.3. The average Bonchev–Trinajstić information content (AvgIpc) is 2.26. The average molecular weight is 303 g/mol. The summed E-state index contributed by atoms with van der Waals surface area (Å²) in [7, 11) is 0. The molecule has 0 aliphatic carbocycles. The van der Waals surface area contributed by atoms with Crippen molar-refractivity contribution in [3.8, 4) is 11.3 Å². The number of hydrogen-bond acceptors (Lipinski definition) is 3. The molecular formula is C10H6BrClFN3. The standard InChI is InChI=1S/C10H6BrClFN3/c11-6-2-1-5(9(13)8(6)12)7-3-4-15-10(14)16-7/h1-4H,(H2,14,15,16). The molecule has 82 valence electrons. The lowest BCUT2D eigenvalue weighted by Crippen LogP contribution is -1.96. The van der Waals surface area contributed by atoms with Crippen molar-refractivity contribution < 1.29 is 4.39 Å².